The van der Waals surface area contributed by atoms with E-state index in [1.54, 1.807) is 0 Å². The van der Waals surface area contributed by atoms with Crippen molar-refractivity contribution < 1.29 is 4.42 Å². The maximum absolute atomic E-state index is 6.19. The van der Waals surface area contributed by atoms with Gasteiger partial charge in [-0.1, -0.05) is 0 Å². The van der Waals surface area contributed by atoms with Crippen LogP contribution in [0.5, 0.6) is 0 Å². The lowest BCUT2D eigenvalue weighted by Crippen LogP contribution is -2.21. The van der Waals surface area contributed by atoms with Gasteiger partial charge >= 0.3 is 0 Å². The third-order valence-electron chi connectivity index (χ3n) is 4.20. The summed E-state index contributed by atoms with van der Waals surface area (Å²) in [6.07, 6.45) is 0. The molecule has 114 valence electrons. The Balaban J connectivity index is 2.37. The van der Waals surface area contributed by atoms with E-state index in [0.29, 0.717) is 0 Å². The van der Waals surface area contributed by atoms with Crippen LogP contribution in [0.1, 0.15) is 18.1 Å². The second kappa shape index (κ2) is 5.48. The summed E-state index contributed by atoms with van der Waals surface area (Å²) in [6.45, 7) is 7.32. The molecular weight excluding hydrogens is 272 g/mol. The van der Waals surface area contributed by atoms with Gasteiger partial charge in [0.05, 0.1) is 6.07 Å². The maximum atomic E-state index is 6.19. The quantitative estimate of drug-likeness (QED) is 0.578. The number of nitrogens with one attached hydrogen (secondary N) is 1. The molecule has 22 heavy (non-hydrogen) atoms. The van der Waals surface area contributed by atoms with Crippen LogP contribution in [0.15, 0.2) is 34.7 Å². The van der Waals surface area contributed by atoms with Crippen molar-refractivity contribution in [3.63, 3.8) is 0 Å². The first-order valence-corrected chi connectivity index (χ1v) is 7.73. The van der Waals surface area contributed by atoms with Crippen LogP contribution >= 0.6 is 0 Å². The highest BCUT2D eigenvalue weighted by Crippen LogP contribution is 2.34. The van der Waals surface area contributed by atoms with Crippen molar-refractivity contribution in [2.45, 2.75) is 20.8 Å². The average molecular weight is 295 g/mol. The van der Waals surface area contributed by atoms with Crippen LogP contribution in [-0.4, -0.2) is 20.6 Å². The normalized spacial score (nSPS) is 11.1. The fourth-order valence-corrected chi connectivity index (χ4v) is 2.89. The van der Waals surface area contributed by atoms with Gasteiger partial charge in [-0.2, -0.15) is 0 Å². The van der Waals surface area contributed by atoms with E-state index < -0.39 is 0 Å². The van der Waals surface area contributed by atoms with Crippen LogP contribution < -0.4 is 15.2 Å². The molecule has 3 rings (SSSR count). The second-order valence-corrected chi connectivity index (χ2v) is 6.00. The monoisotopic (exact) mass is 295 g/mol. The van der Waals surface area contributed by atoms with Gasteiger partial charge < -0.3 is 9.73 Å². The van der Waals surface area contributed by atoms with Gasteiger partial charge in [0, 0.05) is 35.3 Å². The van der Waals surface area contributed by atoms with Crippen molar-refractivity contribution in [2.75, 3.05) is 26.0 Å². The lowest BCUT2D eigenvalue weighted by Gasteiger charge is -2.14. The van der Waals surface area contributed by atoms with Crippen LogP contribution in [0.3, 0.4) is 0 Å². The highest BCUT2D eigenvalue weighted by Gasteiger charge is 2.14. The van der Waals surface area contributed by atoms with Crippen molar-refractivity contribution >= 4 is 16.7 Å². The van der Waals surface area contributed by atoms with Crippen LogP contribution in [-0.2, 0) is 0 Å². The molecule has 0 unspecified atom stereocenters. The van der Waals surface area contributed by atoms with Crippen LogP contribution in [0.2, 0.25) is 0 Å². The summed E-state index contributed by atoms with van der Waals surface area (Å²) >= 11 is 0. The predicted octanol–water partition coefficient (Wildman–Crippen LogP) is 3.62. The molecule has 2 aliphatic rings. The summed E-state index contributed by atoms with van der Waals surface area (Å²) in [6, 6.07) is 10.7. The van der Waals surface area contributed by atoms with E-state index in [1.165, 1.54) is 22.1 Å². The molecule has 0 spiro atoms. The smallest absolute Gasteiger partial charge is 0.203 e. The topological polar surface area (TPSA) is 28.2 Å². The molecule has 0 radical (unpaired) electrons. The van der Waals surface area contributed by atoms with Crippen molar-refractivity contribution in [2.24, 2.45) is 0 Å². The van der Waals surface area contributed by atoms with Gasteiger partial charge in [0.15, 0.2) is 0 Å². The largest absolute Gasteiger partial charge is 0.456 e. The molecule has 0 bridgehead atoms. The lowest BCUT2D eigenvalue weighted by molar-refractivity contribution is 0.615. The van der Waals surface area contributed by atoms with Gasteiger partial charge in [-0.15, -0.1) is 0 Å². The zero-order valence-electron chi connectivity index (χ0n) is 13.9. The maximum Gasteiger partial charge on any atom is 0.203 e. The molecule has 0 aromatic heterocycles. The van der Waals surface area contributed by atoms with Crippen LogP contribution in [0.25, 0.3) is 22.3 Å². The van der Waals surface area contributed by atoms with E-state index in [9.17, 15) is 0 Å². The molecule has 1 aromatic carbocycles. The van der Waals surface area contributed by atoms with E-state index in [2.05, 4.69) is 61.0 Å². The standard InChI is InChI=1S/C19H22N2O/c1-6-20-17-11-19-16(9-12(17)2)13(3)15-8-7-14(21(4)5)10-18(15)22-19/h7-11H,6H2,1-5H3/p+1. The first-order valence-electron chi connectivity index (χ1n) is 7.73. The van der Waals surface area contributed by atoms with Gasteiger partial charge in [0.25, 0.3) is 0 Å². The summed E-state index contributed by atoms with van der Waals surface area (Å²) < 4.78 is 8.28. The molecule has 0 amide bonds. The van der Waals surface area contributed by atoms with Gasteiger partial charge in [0.2, 0.25) is 5.36 Å². The molecule has 0 fully saturated rings. The second-order valence-electron chi connectivity index (χ2n) is 6.00. The van der Waals surface area contributed by atoms with E-state index in [-0.39, 0.29) is 0 Å². The summed E-state index contributed by atoms with van der Waals surface area (Å²) in [5, 5.41) is 5.73. The first-order chi connectivity index (χ1) is 10.5. The summed E-state index contributed by atoms with van der Waals surface area (Å²) in [4.78, 5) is 0. The van der Waals surface area contributed by atoms with Gasteiger partial charge in [-0.25, -0.2) is 4.58 Å². The first kappa shape index (κ1) is 14.6. The van der Waals surface area contributed by atoms with Crippen molar-refractivity contribution in [1.82, 2.24) is 4.58 Å². The summed E-state index contributed by atoms with van der Waals surface area (Å²) in [7, 11) is 4.09. The number of anilines is 1. The number of fused-ring (bicyclic) bond motifs is 2. The molecule has 0 saturated carbocycles. The Morgan fingerprint density at radius 1 is 1.09 bits per heavy atom. The van der Waals surface area contributed by atoms with Gasteiger partial charge in [-0.3, -0.25) is 0 Å². The zero-order chi connectivity index (χ0) is 15.9. The molecular formula is C19H23N2O+. The van der Waals surface area contributed by atoms with Gasteiger partial charge in [0.1, 0.15) is 25.4 Å². The summed E-state index contributed by atoms with van der Waals surface area (Å²) in [5.41, 5.74) is 5.77. The fourth-order valence-electron chi connectivity index (χ4n) is 2.89. The molecule has 1 N–H and O–H groups in total. The Morgan fingerprint density at radius 2 is 1.86 bits per heavy atom. The number of aryl methyl sites for hydroxylation is 2. The fraction of sp³-hybridized carbons (Fsp3) is 0.316. The molecule has 0 atom stereocenters. The van der Waals surface area contributed by atoms with Crippen molar-refractivity contribution in [3.05, 3.63) is 46.8 Å². The minimum atomic E-state index is 0.906. The Hall–Kier alpha value is -2.29. The molecule has 1 aromatic rings. The third-order valence-corrected chi connectivity index (χ3v) is 4.20. The van der Waals surface area contributed by atoms with E-state index in [4.69, 9.17) is 4.42 Å². The highest BCUT2D eigenvalue weighted by molar-refractivity contribution is 5.90. The SMILES string of the molecule is CCNc1cc2oc3cc(=[N+](C)C)ccc-3c(C)c2cc1C. The molecule has 1 aliphatic carbocycles. The van der Waals surface area contributed by atoms with Crippen molar-refractivity contribution in [3.8, 4) is 11.3 Å². The van der Waals surface area contributed by atoms with Crippen LogP contribution in [0, 0.1) is 13.8 Å². The molecule has 1 heterocycles. The molecule has 1 aliphatic heterocycles. The third kappa shape index (κ3) is 2.37. The number of hydrogen-bond donors (Lipinski definition) is 1. The highest BCUT2D eigenvalue weighted by atomic mass is 16.3. The minimum Gasteiger partial charge on any atom is -0.456 e. The van der Waals surface area contributed by atoms with Gasteiger partial charge in [-0.05, 0) is 44.0 Å². The zero-order valence-corrected chi connectivity index (χ0v) is 13.9. The lowest BCUT2D eigenvalue weighted by atomic mass is 9.99. The van der Waals surface area contributed by atoms with Crippen molar-refractivity contribution in [1.29, 1.82) is 0 Å². The Labute approximate surface area is 131 Å². The Morgan fingerprint density at radius 3 is 2.55 bits per heavy atom. The molecule has 3 nitrogen and oxygen atoms in total. The molecule has 3 heteroatoms. The minimum absolute atomic E-state index is 0.906. The van der Waals surface area contributed by atoms with E-state index in [0.717, 1.165) is 28.9 Å². The number of benzene rings is 2. The Kier molecular flexibility index (Phi) is 3.65. The predicted molar refractivity (Wildman–Crippen MR) is 93.6 cm³/mol. The molecule has 0 saturated heterocycles. The summed E-state index contributed by atoms with van der Waals surface area (Å²) in [5.74, 6) is 0.933. The Bertz CT molecular complexity index is 886. The van der Waals surface area contributed by atoms with E-state index >= 15 is 0 Å². The number of rotatable bonds is 2. The van der Waals surface area contributed by atoms with Crippen LogP contribution in [0.4, 0.5) is 5.69 Å². The van der Waals surface area contributed by atoms with E-state index in [1.807, 2.05) is 14.1 Å². The average Bonchev–Trinajstić information content (AvgIpc) is 2.49. The number of hydrogen-bond acceptors (Lipinski definition) is 2. The number of nitrogens with zero attached hydrogens (tertiary/aromatic N) is 1.